The number of fused-ring (bicyclic) bond motifs is 2. The fraction of sp³-hybridized carbons (Fsp3) is 0.318. The number of hydrogen-bond acceptors (Lipinski definition) is 2. The number of furan rings is 1. The van der Waals surface area contributed by atoms with E-state index in [2.05, 4.69) is 50.2 Å². The van der Waals surface area contributed by atoms with Crippen LogP contribution in [0.3, 0.4) is 0 Å². The van der Waals surface area contributed by atoms with Crippen LogP contribution in [0.2, 0.25) is 0 Å². The molecule has 2 aromatic carbocycles. The van der Waals surface area contributed by atoms with Crippen molar-refractivity contribution in [3.05, 3.63) is 70.5 Å². The summed E-state index contributed by atoms with van der Waals surface area (Å²) in [6, 6.07) is 12.8. The zero-order valence-electron chi connectivity index (χ0n) is 15.0. The van der Waals surface area contributed by atoms with Gasteiger partial charge in [0.25, 0.3) is 0 Å². The predicted molar refractivity (Wildman–Crippen MR) is 99.7 cm³/mol. The van der Waals surface area contributed by atoms with E-state index in [1.54, 1.807) is 6.26 Å². The van der Waals surface area contributed by atoms with Crippen LogP contribution in [0, 0.1) is 13.8 Å². The summed E-state index contributed by atoms with van der Waals surface area (Å²) in [5, 5.41) is 1.05. The molecule has 1 aromatic heterocycles. The number of benzene rings is 2. The maximum atomic E-state index is 12.9. The molecule has 0 N–H and O–H groups in total. The number of rotatable bonds is 3. The zero-order valence-corrected chi connectivity index (χ0v) is 15.0. The van der Waals surface area contributed by atoms with Crippen LogP contribution in [-0.4, -0.2) is 17.9 Å². The van der Waals surface area contributed by atoms with Gasteiger partial charge in [0.2, 0.25) is 5.91 Å². The first-order chi connectivity index (χ1) is 12.1. The van der Waals surface area contributed by atoms with Crippen molar-refractivity contribution in [1.82, 2.24) is 4.90 Å². The lowest BCUT2D eigenvalue weighted by Gasteiger charge is -2.25. The van der Waals surface area contributed by atoms with Gasteiger partial charge in [0, 0.05) is 18.0 Å². The third-order valence-corrected chi connectivity index (χ3v) is 5.65. The highest BCUT2D eigenvalue weighted by atomic mass is 16.3. The third-order valence-electron chi connectivity index (χ3n) is 5.65. The largest absolute Gasteiger partial charge is 0.464 e. The minimum atomic E-state index is 0.141. The Morgan fingerprint density at radius 2 is 2.00 bits per heavy atom. The van der Waals surface area contributed by atoms with Crippen molar-refractivity contribution in [2.45, 2.75) is 39.2 Å². The van der Waals surface area contributed by atoms with E-state index in [9.17, 15) is 4.79 Å². The molecule has 3 heteroatoms. The number of nitrogens with zero attached hydrogens (tertiary/aromatic N) is 1. The van der Waals surface area contributed by atoms with Crippen molar-refractivity contribution in [3.8, 4) is 0 Å². The summed E-state index contributed by atoms with van der Waals surface area (Å²) in [5.41, 5.74) is 6.89. The highest BCUT2D eigenvalue weighted by Crippen LogP contribution is 2.35. The van der Waals surface area contributed by atoms with Crippen LogP contribution in [0.1, 0.15) is 40.3 Å². The highest BCUT2D eigenvalue weighted by Gasteiger charge is 2.28. The second-order valence-electron chi connectivity index (χ2n) is 7.08. The monoisotopic (exact) mass is 333 g/mol. The van der Waals surface area contributed by atoms with E-state index in [1.165, 1.54) is 16.7 Å². The molecular formula is C22H23NO2. The number of likely N-dealkylation sites (N-methyl/N-ethyl adjacent to an activating group) is 1. The molecule has 1 aliphatic carbocycles. The van der Waals surface area contributed by atoms with Gasteiger partial charge >= 0.3 is 0 Å². The van der Waals surface area contributed by atoms with E-state index in [0.29, 0.717) is 6.42 Å². The molecule has 0 bridgehead atoms. The van der Waals surface area contributed by atoms with E-state index in [-0.39, 0.29) is 11.9 Å². The summed E-state index contributed by atoms with van der Waals surface area (Å²) >= 11 is 0. The molecule has 1 amide bonds. The summed E-state index contributed by atoms with van der Waals surface area (Å²) in [7, 11) is 1.92. The maximum absolute atomic E-state index is 12.9. The first-order valence-electron chi connectivity index (χ1n) is 8.86. The average molecular weight is 333 g/mol. The number of aryl methyl sites for hydroxylation is 3. The summed E-state index contributed by atoms with van der Waals surface area (Å²) < 4.78 is 5.75. The van der Waals surface area contributed by atoms with E-state index in [1.807, 2.05) is 11.9 Å². The topological polar surface area (TPSA) is 33.5 Å². The number of amides is 1. The van der Waals surface area contributed by atoms with Gasteiger partial charge in [-0.25, -0.2) is 0 Å². The normalized spacial score (nSPS) is 16.2. The van der Waals surface area contributed by atoms with Crippen LogP contribution in [0.4, 0.5) is 0 Å². The van der Waals surface area contributed by atoms with Gasteiger partial charge in [0.05, 0.1) is 18.7 Å². The van der Waals surface area contributed by atoms with Gasteiger partial charge in [0.1, 0.15) is 5.58 Å². The van der Waals surface area contributed by atoms with Crippen LogP contribution in [0.15, 0.2) is 47.1 Å². The van der Waals surface area contributed by atoms with E-state index in [0.717, 1.165) is 34.9 Å². The molecule has 3 aromatic rings. The van der Waals surface area contributed by atoms with Gasteiger partial charge in [-0.1, -0.05) is 36.4 Å². The Morgan fingerprint density at radius 1 is 1.20 bits per heavy atom. The number of carbonyl (C=O) groups excluding carboxylic acids is 1. The smallest absolute Gasteiger partial charge is 0.227 e. The third kappa shape index (κ3) is 2.64. The Labute approximate surface area is 148 Å². The molecular weight excluding hydrogens is 310 g/mol. The molecule has 1 aliphatic rings. The van der Waals surface area contributed by atoms with Gasteiger partial charge in [-0.2, -0.15) is 0 Å². The molecule has 0 radical (unpaired) electrons. The molecule has 4 rings (SSSR count). The molecule has 1 atom stereocenters. The Bertz CT molecular complexity index is 954. The van der Waals surface area contributed by atoms with Crippen LogP contribution in [0.5, 0.6) is 0 Å². The van der Waals surface area contributed by atoms with Gasteiger partial charge < -0.3 is 9.32 Å². The number of carbonyl (C=O) groups is 1. The minimum Gasteiger partial charge on any atom is -0.464 e. The fourth-order valence-corrected chi connectivity index (χ4v) is 3.92. The zero-order chi connectivity index (χ0) is 17.6. The molecule has 0 saturated heterocycles. The summed E-state index contributed by atoms with van der Waals surface area (Å²) in [5.74, 6) is 0.141. The maximum Gasteiger partial charge on any atom is 0.227 e. The van der Waals surface area contributed by atoms with Crippen LogP contribution in [-0.2, 0) is 17.6 Å². The van der Waals surface area contributed by atoms with Crippen LogP contribution < -0.4 is 0 Å². The van der Waals surface area contributed by atoms with Gasteiger partial charge in [-0.05, 0) is 48.9 Å². The predicted octanol–water partition coefficient (Wildman–Crippen LogP) is 4.74. The van der Waals surface area contributed by atoms with Crippen molar-refractivity contribution in [2.75, 3.05) is 7.05 Å². The van der Waals surface area contributed by atoms with Gasteiger partial charge in [0.15, 0.2) is 0 Å². The van der Waals surface area contributed by atoms with E-state index >= 15 is 0 Å². The SMILES string of the molecule is Cc1ccc2c(CC(=O)N(C)C3CCc4ccccc43)coc2c1C. The molecule has 0 aliphatic heterocycles. The van der Waals surface area contributed by atoms with Crippen molar-refractivity contribution >= 4 is 16.9 Å². The second kappa shape index (κ2) is 6.07. The first kappa shape index (κ1) is 15.9. The van der Waals surface area contributed by atoms with Crippen molar-refractivity contribution < 1.29 is 9.21 Å². The Morgan fingerprint density at radius 3 is 2.84 bits per heavy atom. The molecule has 1 heterocycles. The molecule has 25 heavy (non-hydrogen) atoms. The molecule has 3 nitrogen and oxygen atoms in total. The van der Waals surface area contributed by atoms with Crippen LogP contribution in [0.25, 0.3) is 11.0 Å². The fourth-order valence-electron chi connectivity index (χ4n) is 3.92. The molecule has 0 spiro atoms. The van der Waals surface area contributed by atoms with E-state index < -0.39 is 0 Å². The highest BCUT2D eigenvalue weighted by molar-refractivity contribution is 5.89. The Balaban J connectivity index is 1.58. The van der Waals surface area contributed by atoms with Crippen molar-refractivity contribution in [1.29, 1.82) is 0 Å². The average Bonchev–Trinajstić information content (AvgIpc) is 3.22. The van der Waals surface area contributed by atoms with Gasteiger partial charge in [-0.15, -0.1) is 0 Å². The second-order valence-corrected chi connectivity index (χ2v) is 7.08. The lowest BCUT2D eigenvalue weighted by molar-refractivity contribution is -0.131. The lowest BCUT2D eigenvalue weighted by Crippen LogP contribution is -2.31. The molecule has 128 valence electrons. The molecule has 0 saturated carbocycles. The van der Waals surface area contributed by atoms with Crippen molar-refractivity contribution in [2.24, 2.45) is 0 Å². The summed E-state index contributed by atoms with van der Waals surface area (Å²) in [6.45, 7) is 4.14. The Kier molecular flexibility index (Phi) is 3.87. The first-order valence-corrected chi connectivity index (χ1v) is 8.86. The van der Waals surface area contributed by atoms with Crippen LogP contribution >= 0.6 is 0 Å². The molecule has 1 unspecified atom stereocenters. The number of hydrogen-bond donors (Lipinski definition) is 0. The van der Waals surface area contributed by atoms with Crippen molar-refractivity contribution in [3.63, 3.8) is 0 Å². The molecule has 0 fully saturated rings. The Hall–Kier alpha value is -2.55. The minimum absolute atomic E-state index is 0.141. The van der Waals surface area contributed by atoms with E-state index in [4.69, 9.17) is 4.42 Å². The summed E-state index contributed by atoms with van der Waals surface area (Å²) in [6.07, 6.45) is 4.17. The quantitative estimate of drug-likeness (QED) is 0.694. The standard InChI is InChI=1S/C22H23NO2/c1-14-8-10-19-17(13-25-22(19)15(14)2)12-21(24)23(3)20-11-9-16-6-4-5-7-18(16)20/h4-8,10,13,20H,9,11-12H2,1-3H3. The lowest BCUT2D eigenvalue weighted by atomic mass is 10.0. The van der Waals surface area contributed by atoms with Gasteiger partial charge in [-0.3, -0.25) is 4.79 Å². The summed E-state index contributed by atoms with van der Waals surface area (Å²) in [4.78, 5) is 14.8.